The molecular weight excluding hydrogens is 593 g/mol. The summed E-state index contributed by atoms with van der Waals surface area (Å²) in [5, 5.41) is 14.8. The molecule has 1 atom stereocenters. The number of carbonyl (C=O) groups excluding carboxylic acids is 1. The number of methoxy groups -OCH3 is 2. The van der Waals surface area contributed by atoms with Gasteiger partial charge in [0, 0.05) is 66.7 Å². The summed E-state index contributed by atoms with van der Waals surface area (Å²) in [4.78, 5) is 27.0. The first-order chi connectivity index (χ1) is 20.5. The Labute approximate surface area is 246 Å². The van der Waals surface area contributed by atoms with Crippen molar-refractivity contribution in [2.45, 2.75) is 18.6 Å². The van der Waals surface area contributed by atoms with Gasteiger partial charge in [0.25, 0.3) is 5.56 Å². The minimum Gasteiger partial charge on any atom is -0.495 e. The number of aromatic nitrogens is 5. The van der Waals surface area contributed by atoms with Gasteiger partial charge in [-0.05, 0) is 42.0 Å². The van der Waals surface area contributed by atoms with Crippen LogP contribution in [0.15, 0.2) is 64.1 Å². The van der Waals surface area contributed by atoms with E-state index in [-0.39, 0.29) is 40.5 Å². The standard InChI is InChI=1S/C28H24ClF3N6O5/c1-37-13-15-10-17(5-7-21(15)36-37)33-25(40)22(8-9-41-2)38-14-23(42-3)20(12-24(38)39)19-11-16(29)4-6-18(19)26-34-35-27(43-26)28(30,31)32/h4-7,10-14,22H,8-9H2,1-3H3,(H,33,40)/t22-/m0/s1. The fourth-order valence-corrected chi connectivity index (χ4v) is 4.77. The molecule has 0 bridgehead atoms. The van der Waals surface area contributed by atoms with Crippen molar-refractivity contribution < 1.29 is 31.9 Å². The molecule has 0 aliphatic rings. The molecule has 1 N–H and O–H groups in total. The molecule has 0 spiro atoms. The van der Waals surface area contributed by atoms with Crippen LogP contribution in [0.5, 0.6) is 5.75 Å². The van der Waals surface area contributed by atoms with Gasteiger partial charge in [-0.2, -0.15) is 18.3 Å². The van der Waals surface area contributed by atoms with E-state index in [9.17, 15) is 22.8 Å². The van der Waals surface area contributed by atoms with Gasteiger partial charge in [-0.3, -0.25) is 18.8 Å². The second-order valence-corrected chi connectivity index (χ2v) is 9.90. The minimum absolute atomic E-state index is 0.0855. The van der Waals surface area contributed by atoms with E-state index in [1.54, 1.807) is 29.9 Å². The number of nitrogens with one attached hydrogen (secondary N) is 1. The van der Waals surface area contributed by atoms with Crippen molar-refractivity contribution in [1.29, 1.82) is 0 Å². The van der Waals surface area contributed by atoms with E-state index in [1.165, 1.54) is 49.2 Å². The maximum Gasteiger partial charge on any atom is 0.470 e. The van der Waals surface area contributed by atoms with Gasteiger partial charge in [-0.15, -0.1) is 10.2 Å². The Morgan fingerprint density at radius 3 is 2.56 bits per heavy atom. The summed E-state index contributed by atoms with van der Waals surface area (Å²) in [7, 11) is 4.61. The normalized spacial score (nSPS) is 12.4. The summed E-state index contributed by atoms with van der Waals surface area (Å²) in [6.07, 6.45) is -1.55. The van der Waals surface area contributed by atoms with Crippen LogP contribution < -0.4 is 15.6 Å². The molecule has 0 fully saturated rings. The number of benzene rings is 2. The van der Waals surface area contributed by atoms with E-state index in [0.717, 1.165) is 10.9 Å². The maximum absolute atomic E-state index is 13.5. The lowest BCUT2D eigenvalue weighted by molar-refractivity contribution is -0.157. The Morgan fingerprint density at radius 2 is 1.86 bits per heavy atom. The summed E-state index contributed by atoms with van der Waals surface area (Å²) >= 11 is 6.22. The van der Waals surface area contributed by atoms with Gasteiger partial charge in [0.1, 0.15) is 11.8 Å². The summed E-state index contributed by atoms with van der Waals surface area (Å²) < 4.78 is 57.9. The van der Waals surface area contributed by atoms with Crippen LogP contribution in [-0.4, -0.2) is 51.3 Å². The second kappa shape index (κ2) is 11.9. The number of ether oxygens (including phenoxy) is 2. The molecule has 3 heterocycles. The van der Waals surface area contributed by atoms with Crippen LogP contribution in [0.2, 0.25) is 5.02 Å². The van der Waals surface area contributed by atoms with Crippen LogP contribution in [-0.2, 0) is 22.8 Å². The van der Waals surface area contributed by atoms with E-state index in [1.807, 2.05) is 6.20 Å². The molecule has 0 aliphatic heterocycles. The number of carbonyl (C=O) groups is 1. The third-order valence-electron chi connectivity index (χ3n) is 6.55. The van der Waals surface area contributed by atoms with Crippen molar-refractivity contribution in [3.05, 3.63) is 76.1 Å². The predicted molar refractivity (Wildman–Crippen MR) is 151 cm³/mol. The van der Waals surface area contributed by atoms with Gasteiger partial charge >= 0.3 is 12.1 Å². The molecule has 5 aromatic rings. The lowest BCUT2D eigenvalue weighted by Gasteiger charge is -2.21. The van der Waals surface area contributed by atoms with Gasteiger partial charge in [-0.1, -0.05) is 11.6 Å². The van der Waals surface area contributed by atoms with E-state index >= 15 is 0 Å². The van der Waals surface area contributed by atoms with Gasteiger partial charge in [0.05, 0.1) is 18.8 Å². The van der Waals surface area contributed by atoms with E-state index in [0.29, 0.717) is 5.69 Å². The summed E-state index contributed by atoms with van der Waals surface area (Å²) in [5.41, 5.74) is 1.13. The monoisotopic (exact) mass is 616 g/mol. The van der Waals surface area contributed by atoms with Crippen LogP contribution in [0, 0.1) is 0 Å². The van der Waals surface area contributed by atoms with E-state index < -0.39 is 35.5 Å². The van der Waals surface area contributed by atoms with E-state index in [2.05, 4.69) is 20.6 Å². The number of aryl methyl sites for hydroxylation is 1. The molecule has 224 valence electrons. The lowest BCUT2D eigenvalue weighted by atomic mass is 9.99. The summed E-state index contributed by atoms with van der Waals surface area (Å²) in [6, 6.07) is 9.68. The first kappa shape index (κ1) is 29.8. The number of halogens is 4. The van der Waals surface area contributed by atoms with Crippen molar-refractivity contribution in [1.82, 2.24) is 24.5 Å². The zero-order chi connectivity index (χ0) is 30.9. The van der Waals surface area contributed by atoms with Crippen LogP contribution in [0.1, 0.15) is 18.4 Å². The van der Waals surface area contributed by atoms with Crippen LogP contribution >= 0.6 is 11.6 Å². The highest BCUT2D eigenvalue weighted by atomic mass is 35.5. The highest BCUT2D eigenvalue weighted by molar-refractivity contribution is 6.31. The minimum atomic E-state index is -4.85. The zero-order valence-corrected chi connectivity index (χ0v) is 23.7. The van der Waals surface area contributed by atoms with Crippen molar-refractivity contribution in [2.24, 2.45) is 7.05 Å². The molecule has 0 saturated heterocycles. The fourth-order valence-electron chi connectivity index (χ4n) is 4.60. The number of alkyl halides is 3. The van der Waals surface area contributed by atoms with Crippen LogP contribution in [0.3, 0.4) is 0 Å². The molecule has 0 aliphatic carbocycles. The molecule has 15 heteroatoms. The molecule has 43 heavy (non-hydrogen) atoms. The molecule has 2 aromatic carbocycles. The second-order valence-electron chi connectivity index (χ2n) is 9.46. The summed E-state index contributed by atoms with van der Waals surface area (Å²) in [6.45, 7) is 0.160. The van der Waals surface area contributed by atoms with Crippen molar-refractivity contribution in [2.75, 3.05) is 26.1 Å². The molecule has 0 saturated carbocycles. The number of nitrogens with zero attached hydrogens (tertiary/aromatic N) is 5. The molecule has 0 unspecified atom stereocenters. The summed E-state index contributed by atoms with van der Waals surface area (Å²) in [5.74, 6) is -2.31. The number of hydrogen-bond donors (Lipinski definition) is 1. The number of anilines is 1. The van der Waals surface area contributed by atoms with Crippen molar-refractivity contribution in [3.8, 4) is 28.3 Å². The smallest absolute Gasteiger partial charge is 0.470 e. The largest absolute Gasteiger partial charge is 0.495 e. The van der Waals surface area contributed by atoms with Gasteiger partial charge < -0.3 is 19.2 Å². The first-order valence-electron chi connectivity index (χ1n) is 12.7. The number of rotatable bonds is 9. The van der Waals surface area contributed by atoms with E-state index in [4.69, 9.17) is 25.5 Å². The average Bonchev–Trinajstić information content (AvgIpc) is 3.60. The molecule has 1 amide bonds. The highest BCUT2D eigenvalue weighted by Crippen LogP contribution is 2.39. The quantitative estimate of drug-likeness (QED) is 0.235. The predicted octanol–water partition coefficient (Wildman–Crippen LogP) is 5.35. The average molecular weight is 617 g/mol. The molecule has 3 aromatic heterocycles. The fraction of sp³-hybridized carbons (Fsp3) is 0.250. The Balaban J connectivity index is 1.55. The zero-order valence-electron chi connectivity index (χ0n) is 23.0. The number of hydrogen-bond acceptors (Lipinski definition) is 8. The Bertz CT molecular complexity index is 1870. The maximum atomic E-state index is 13.5. The van der Waals surface area contributed by atoms with Gasteiger partial charge in [0.2, 0.25) is 11.8 Å². The lowest BCUT2D eigenvalue weighted by Crippen LogP contribution is -2.34. The van der Waals surface area contributed by atoms with Crippen molar-refractivity contribution in [3.63, 3.8) is 0 Å². The number of fused-ring (bicyclic) bond motifs is 1. The highest BCUT2D eigenvalue weighted by Gasteiger charge is 2.38. The molecule has 11 nitrogen and oxygen atoms in total. The van der Waals surface area contributed by atoms with Gasteiger partial charge in [-0.25, -0.2) is 0 Å². The molecular formula is C28H24ClF3N6O5. The third-order valence-corrected chi connectivity index (χ3v) is 6.79. The molecule has 0 radical (unpaired) electrons. The Kier molecular flexibility index (Phi) is 8.24. The SMILES string of the molecule is COCC[C@@H](C(=O)Nc1ccc2nn(C)cc2c1)n1cc(OC)c(-c2cc(Cl)ccc2-c2nnc(C(F)(F)F)o2)cc1=O. The van der Waals surface area contributed by atoms with Crippen molar-refractivity contribution >= 4 is 34.1 Å². The Morgan fingerprint density at radius 1 is 1.07 bits per heavy atom. The van der Waals surface area contributed by atoms with Crippen LogP contribution in [0.4, 0.5) is 18.9 Å². The third kappa shape index (κ3) is 6.24. The number of amides is 1. The first-order valence-corrected chi connectivity index (χ1v) is 13.1. The topological polar surface area (TPSA) is 126 Å². The molecule has 5 rings (SSSR count). The Hall–Kier alpha value is -4.69. The van der Waals surface area contributed by atoms with Gasteiger partial charge in [0.15, 0.2) is 0 Å². The number of pyridine rings is 1. The van der Waals surface area contributed by atoms with Crippen LogP contribution in [0.25, 0.3) is 33.5 Å².